The normalized spacial score (nSPS) is 21.2. The summed E-state index contributed by atoms with van der Waals surface area (Å²) in [6.45, 7) is 9.07. The second kappa shape index (κ2) is 10.3. The van der Waals surface area contributed by atoms with Crippen molar-refractivity contribution in [1.82, 2.24) is 19.7 Å². The van der Waals surface area contributed by atoms with E-state index in [0.717, 1.165) is 61.1 Å². The molecule has 4 heterocycles. The number of hydrogen-bond donors (Lipinski definition) is 0. The lowest BCUT2D eigenvalue weighted by Crippen LogP contribution is -2.36. The van der Waals surface area contributed by atoms with Gasteiger partial charge in [-0.05, 0) is 44.2 Å². The second-order valence-corrected chi connectivity index (χ2v) is 8.15. The maximum atomic E-state index is 13.3. The first-order chi connectivity index (χ1) is 15.7. The van der Waals surface area contributed by atoms with Gasteiger partial charge >= 0.3 is 0 Å². The fourth-order valence-corrected chi connectivity index (χ4v) is 4.33. The van der Waals surface area contributed by atoms with Crippen molar-refractivity contribution in [3.8, 4) is 5.88 Å². The number of pyridine rings is 2. The molecule has 2 aliphatic rings. The second-order valence-electron chi connectivity index (χ2n) is 8.15. The largest absolute Gasteiger partial charge is 0.474 e. The van der Waals surface area contributed by atoms with E-state index >= 15 is 0 Å². The van der Waals surface area contributed by atoms with E-state index in [9.17, 15) is 4.39 Å². The molecule has 7 nitrogen and oxygen atoms in total. The molecule has 172 valence electrons. The smallest absolute Gasteiger partial charge is 0.225 e. The van der Waals surface area contributed by atoms with Crippen LogP contribution in [0.25, 0.3) is 10.9 Å². The van der Waals surface area contributed by atoms with Crippen LogP contribution < -0.4 is 9.64 Å². The SMILES string of the molecule is CC.Cc1cnc2cc(N3CCOCC3)nc(OC3CCC(n4cc(F)cn4)CC3)c2c1. The first-order valence-electron chi connectivity index (χ1n) is 11.6. The van der Waals surface area contributed by atoms with Gasteiger partial charge in [-0.2, -0.15) is 10.1 Å². The Labute approximate surface area is 188 Å². The number of aryl methyl sites for hydroxylation is 1. The standard InChI is InChI=1S/C22H26FN5O2.C2H6/c1-15-10-19-20(24-12-15)11-21(27-6-8-29-9-7-27)26-22(19)30-18-4-2-17(3-5-18)28-14-16(23)13-25-28;1-2/h10-14,17-18H,2-9H2,1H3;1-2H3. The van der Waals surface area contributed by atoms with Gasteiger partial charge in [0.15, 0.2) is 5.82 Å². The molecule has 0 unspecified atom stereocenters. The Kier molecular flexibility index (Phi) is 7.19. The van der Waals surface area contributed by atoms with Crippen molar-refractivity contribution < 1.29 is 13.9 Å². The summed E-state index contributed by atoms with van der Waals surface area (Å²) in [5.41, 5.74) is 1.98. The minimum absolute atomic E-state index is 0.0813. The first-order valence-corrected chi connectivity index (χ1v) is 11.6. The molecule has 0 bridgehead atoms. The number of nitrogens with zero attached hydrogens (tertiary/aromatic N) is 5. The van der Waals surface area contributed by atoms with Gasteiger partial charge in [0.2, 0.25) is 5.88 Å². The number of fused-ring (bicyclic) bond motifs is 1. The molecule has 32 heavy (non-hydrogen) atoms. The predicted octanol–water partition coefficient (Wildman–Crippen LogP) is 4.70. The fourth-order valence-electron chi connectivity index (χ4n) is 4.33. The minimum atomic E-state index is -0.285. The van der Waals surface area contributed by atoms with Crippen LogP contribution in [0.1, 0.15) is 51.1 Å². The molecule has 0 amide bonds. The van der Waals surface area contributed by atoms with Gasteiger partial charge in [-0.25, -0.2) is 4.39 Å². The molecular formula is C24H32FN5O2. The Morgan fingerprint density at radius 1 is 1.06 bits per heavy atom. The highest BCUT2D eigenvalue weighted by Gasteiger charge is 2.26. The zero-order chi connectivity index (χ0) is 22.5. The van der Waals surface area contributed by atoms with Crippen LogP contribution >= 0.6 is 0 Å². The molecular weight excluding hydrogens is 409 g/mol. The van der Waals surface area contributed by atoms with E-state index in [1.165, 1.54) is 12.4 Å². The number of hydrogen-bond acceptors (Lipinski definition) is 6. The number of halogens is 1. The number of rotatable bonds is 4. The van der Waals surface area contributed by atoms with Crippen LogP contribution in [0.4, 0.5) is 10.2 Å². The lowest BCUT2D eigenvalue weighted by Gasteiger charge is -2.30. The number of anilines is 1. The third-order valence-corrected chi connectivity index (χ3v) is 5.97. The highest BCUT2D eigenvalue weighted by Crippen LogP contribution is 2.34. The molecule has 1 aliphatic carbocycles. The summed E-state index contributed by atoms with van der Waals surface area (Å²) in [5, 5.41) is 5.07. The van der Waals surface area contributed by atoms with Crippen molar-refractivity contribution in [3.05, 3.63) is 42.1 Å². The van der Waals surface area contributed by atoms with E-state index in [1.54, 1.807) is 4.68 Å². The Morgan fingerprint density at radius 3 is 2.50 bits per heavy atom. The summed E-state index contributed by atoms with van der Waals surface area (Å²) in [7, 11) is 0. The monoisotopic (exact) mass is 441 g/mol. The van der Waals surface area contributed by atoms with Gasteiger partial charge in [-0.3, -0.25) is 9.67 Å². The molecule has 2 fully saturated rings. The maximum Gasteiger partial charge on any atom is 0.225 e. The third kappa shape index (κ3) is 5.01. The molecule has 1 saturated carbocycles. The van der Waals surface area contributed by atoms with Gasteiger partial charge in [0.25, 0.3) is 0 Å². The summed E-state index contributed by atoms with van der Waals surface area (Å²) in [6, 6.07) is 4.35. The minimum Gasteiger partial charge on any atom is -0.474 e. The quantitative estimate of drug-likeness (QED) is 0.585. The molecule has 8 heteroatoms. The van der Waals surface area contributed by atoms with Crippen LogP contribution in [-0.4, -0.2) is 52.2 Å². The zero-order valence-corrected chi connectivity index (χ0v) is 19.1. The molecule has 0 radical (unpaired) electrons. The maximum absolute atomic E-state index is 13.3. The molecule has 0 atom stereocenters. The molecule has 3 aromatic rings. The average molecular weight is 442 g/mol. The van der Waals surface area contributed by atoms with Gasteiger partial charge in [0, 0.05) is 25.4 Å². The van der Waals surface area contributed by atoms with Crippen LogP contribution in [0.3, 0.4) is 0 Å². The van der Waals surface area contributed by atoms with Gasteiger partial charge in [-0.15, -0.1) is 0 Å². The fraction of sp³-hybridized carbons (Fsp3) is 0.542. The molecule has 5 rings (SSSR count). The van der Waals surface area contributed by atoms with E-state index in [-0.39, 0.29) is 18.0 Å². The number of aromatic nitrogens is 4. The Morgan fingerprint density at radius 2 is 1.81 bits per heavy atom. The summed E-state index contributed by atoms with van der Waals surface area (Å²) >= 11 is 0. The average Bonchev–Trinajstić information content (AvgIpc) is 3.28. The molecule has 0 aromatic carbocycles. The Hall–Kier alpha value is -2.74. The number of morpholine rings is 1. The summed E-state index contributed by atoms with van der Waals surface area (Å²) < 4.78 is 26.9. The third-order valence-electron chi connectivity index (χ3n) is 5.97. The lowest BCUT2D eigenvalue weighted by molar-refractivity contribution is 0.120. The zero-order valence-electron chi connectivity index (χ0n) is 19.1. The van der Waals surface area contributed by atoms with Gasteiger partial charge in [0.1, 0.15) is 11.9 Å². The highest BCUT2D eigenvalue weighted by atomic mass is 19.1. The van der Waals surface area contributed by atoms with E-state index < -0.39 is 0 Å². The topological polar surface area (TPSA) is 65.3 Å². The summed E-state index contributed by atoms with van der Waals surface area (Å²) in [6.07, 6.45) is 8.29. The number of ether oxygens (including phenoxy) is 2. The Balaban J connectivity index is 0.00000119. The van der Waals surface area contributed by atoms with Crippen molar-refractivity contribution in [2.24, 2.45) is 0 Å². The predicted molar refractivity (Wildman–Crippen MR) is 123 cm³/mol. The van der Waals surface area contributed by atoms with Crippen molar-refractivity contribution >= 4 is 16.7 Å². The van der Waals surface area contributed by atoms with Crippen molar-refractivity contribution in [3.63, 3.8) is 0 Å². The van der Waals surface area contributed by atoms with Crippen LogP contribution in [0.5, 0.6) is 5.88 Å². The molecule has 1 saturated heterocycles. The van der Waals surface area contributed by atoms with E-state index in [0.29, 0.717) is 19.1 Å². The van der Waals surface area contributed by atoms with Gasteiger partial charge < -0.3 is 14.4 Å². The van der Waals surface area contributed by atoms with Crippen molar-refractivity contribution in [2.45, 2.75) is 58.6 Å². The molecule has 3 aromatic heterocycles. The lowest BCUT2D eigenvalue weighted by atomic mass is 9.93. The Bertz CT molecular complexity index is 1030. The van der Waals surface area contributed by atoms with Crippen molar-refractivity contribution in [1.29, 1.82) is 0 Å². The van der Waals surface area contributed by atoms with Crippen molar-refractivity contribution in [2.75, 3.05) is 31.2 Å². The van der Waals surface area contributed by atoms with E-state index in [4.69, 9.17) is 14.5 Å². The molecule has 0 spiro atoms. The van der Waals surface area contributed by atoms with E-state index in [1.807, 2.05) is 33.0 Å². The van der Waals surface area contributed by atoms with Crippen LogP contribution in [0.2, 0.25) is 0 Å². The van der Waals surface area contributed by atoms with Gasteiger partial charge in [-0.1, -0.05) is 13.8 Å². The van der Waals surface area contributed by atoms with Crippen LogP contribution in [0, 0.1) is 12.7 Å². The summed E-state index contributed by atoms with van der Waals surface area (Å²) in [4.78, 5) is 11.7. The molecule has 1 aliphatic heterocycles. The van der Waals surface area contributed by atoms with E-state index in [2.05, 4.69) is 21.0 Å². The van der Waals surface area contributed by atoms with Gasteiger partial charge in [0.05, 0.1) is 42.6 Å². The first kappa shape index (κ1) is 22.5. The molecule has 0 N–H and O–H groups in total. The summed E-state index contributed by atoms with van der Waals surface area (Å²) in [5.74, 6) is 1.25. The highest BCUT2D eigenvalue weighted by molar-refractivity contribution is 5.86. The van der Waals surface area contributed by atoms with Crippen LogP contribution in [0.15, 0.2) is 30.7 Å². The van der Waals surface area contributed by atoms with Crippen LogP contribution in [-0.2, 0) is 4.74 Å².